The molecule has 0 heterocycles. The summed E-state index contributed by atoms with van der Waals surface area (Å²) < 4.78 is 66.0. The van der Waals surface area contributed by atoms with E-state index in [0.717, 1.165) is 42.2 Å². The number of carbonyl (C=O) groups excluding carboxylic acids is 1. The molecule has 0 bridgehead atoms. The van der Waals surface area contributed by atoms with Gasteiger partial charge in [-0.25, -0.2) is 13.1 Å². The Labute approximate surface area is 178 Å². The topological polar surface area (TPSA) is 63.2 Å². The maximum absolute atomic E-state index is 13.1. The first kappa shape index (κ1) is 22.6. The van der Waals surface area contributed by atoms with Crippen LogP contribution in [0.2, 0.25) is 0 Å². The van der Waals surface area contributed by atoms with Crippen LogP contribution < -0.4 is 4.72 Å². The van der Waals surface area contributed by atoms with Crippen molar-refractivity contribution >= 4 is 15.9 Å². The summed E-state index contributed by atoms with van der Waals surface area (Å²) in [7, 11) is -4.71. The van der Waals surface area contributed by atoms with E-state index in [0.29, 0.717) is 6.07 Å². The van der Waals surface area contributed by atoms with Gasteiger partial charge in [-0.1, -0.05) is 61.9 Å². The van der Waals surface area contributed by atoms with E-state index in [9.17, 15) is 26.4 Å². The maximum atomic E-state index is 13.1. The number of aryl methyl sites for hydroxylation is 1. The Kier molecular flexibility index (Phi) is 6.50. The van der Waals surface area contributed by atoms with Crippen LogP contribution in [0.15, 0.2) is 77.7 Å². The Hall–Kier alpha value is -3.13. The molecule has 3 aromatic carbocycles. The number of carbonyl (C=O) groups is 1. The van der Waals surface area contributed by atoms with E-state index in [1.54, 1.807) is 16.9 Å². The highest BCUT2D eigenvalue weighted by Gasteiger charge is 2.37. The van der Waals surface area contributed by atoms with E-state index >= 15 is 0 Å². The summed E-state index contributed by atoms with van der Waals surface area (Å²) in [5.41, 5.74) is 1.64. The van der Waals surface area contributed by atoms with Crippen LogP contribution in [0.4, 0.5) is 13.2 Å². The third-order valence-corrected chi connectivity index (χ3v) is 6.07. The molecule has 0 aliphatic carbocycles. The lowest BCUT2D eigenvalue weighted by Crippen LogP contribution is -2.32. The Balaban J connectivity index is 1.80. The number of rotatable bonds is 6. The fourth-order valence-electron chi connectivity index (χ4n) is 3.14. The summed E-state index contributed by atoms with van der Waals surface area (Å²) in [6, 6.07) is 17.8. The highest BCUT2D eigenvalue weighted by Crippen LogP contribution is 2.34. The van der Waals surface area contributed by atoms with E-state index in [4.69, 9.17) is 0 Å². The summed E-state index contributed by atoms with van der Waals surface area (Å²) in [6.07, 6.45) is -2.85. The van der Waals surface area contributed by atoms with Gasteiger partial charge in [-0.05, 0) is 47.4 Å². The van der Waals surface area contributed by atoms with E-state index in [-0.39, 0.29) is 5.56 Å². The lowest BCUT2D eigenvalue weighted by atomic mass is 10.0. The summed E-state index contributed by atoms with van der Waals surface area (Å²) in [4.78, 5) is 11.4. The van der Waals surface area contributed by atoms with Crippen LogP contribution in [0.25, 0.3) is 11.1 Å². The predicted octanol–water partition coefficient (Wildman–Crippen LogP) is 5.44. The number of nitrogens with one attached hydrogen (secondary N) is 1. The first-order valence-corrected chi connectivity index (χ1v) is 11.0. The highest BCUT2D eigenvalue weighted by atomic mass is 32.2. The predicted molar refractivity (Wildman–Crippen MR) is 112 cm³/mol. The van der Waals surface area contributed by atoms with Gasteiger partial charge >= 0.3 is 6.18 Å². The summed E-state index contributed by atoms with van der Waals surface area (Å²) in [6.45, 7) is 2.10. The maximum Gasteiger partial charge on any atom is 0.417 e. The van der Waals surface area contributed by atoms with Crippen LogP contribution in [-0.4, -0.2) is 14.3 Å². The van der Waals surface area contributed by atoms with Gasteiger partial charge in [0.25, 0.3) is 15.9 Å². The molecule has 3 aromatic rings. The minimum absolute atomic E-state index is 0.0133. The first-order valence-electron chi connectivity index (χ1n) is 9.54. The second kappa shape index (κ2) is 8.93. The number of halogens is 3. The minimum atomic E-state index is -4.87. The second-order valence-electron chi connectivity index (χ2n) is 6.95. The van der Waals surface area contributed by atoms with Crippen LogP contribution in [0, 0.1) is 0 Å². The molecular weight excluding hydrogens is 427 g/mol. The zero-order valence-corrected chi connectivity index (χ0v) is 17.4. The summed E-state index contributed by atoms with van der Waals surface area (Å²) in [5.74, 6) is -1.01. The van der Waals surface area contributed by atoms with Crippen molar-refractivity contribution in [2.24, 2.45) is 0 Å². The normalized spacial score (nSPS) is 11.9. The number of sulfonamides is 1. The molecule has 0 aliphatic heterocycles. The van der Waals surface area contributed by atoms with E-state index in [2.05, 4.69) is 6.92 Å². The standard InChI is InChI=1S/C23H20F3NO3S/c1-2-5-16-8-10-17(11-9-16)18-12-14-19(15-13-18)22(28)27-31(29,30)21-7-4-3-6-20(21)23(24,25)26/h3-4,6-15H,2,5H2,1H3,(H,27,28). The number of alkyl halides is 3. The molecule has 0 saturated heterocycles. The zero-order valence-electron chi connectivity index (χ0n) is 16.6. The Morgan fingerprint density at radius 3 is 1.97 bits per heavy atom. The molecule has 4 nitrogen and oxygen atoms in total. The average molecular weight is 447 g/mol. The molecule has 0 atom stereocenters. The van der Waals surface area contributed by atoms with Crippen molar-refractivity contribution in [3.63, 3.8) is 0 Å². The summed E-state index contributed by atoms with van der Waals surface area (Å²) in [5, 5.41) is 0. The van der Waals surface area contributed by atoms with Crippen LogP contribution in [0.3, 0.4) is 0 Å². The highest BCUT2D eigenvalue weighted by molar-refractivity contribution is 7.90. The first-order chi connectivity index (χ1) is 14.6. The van der Waals surface area contributed by atoms with Crippen molar-refractivity contribution in [2.45, 2.75) is 30.8 Å². The fraction of sp³-hybridized carbons (Fsp3) is 0.174. The van der Waals surface area contributed by atoms with Crippen molar-refractivity contribution in [3.05, 3.63) is 89.5 Å². The molecule has 0 saturated carbocycles. The molecule has 3 rings (SSSR count). The largest absolute Gasteiger partial charge is 0.417 e. The molecule has 0 aromatic heterocycles. The third kappa shape index (κ3) is 5.32. The monoisotopic (exact) mass is 447 g/mol. The van der Waals surface area contributed by atoms with Crippen LogP contribution in [0.1, 0.15) is 34.8 Å². The number of amides is 1. The van der Waals surface area contributed by atoms with Crippen molar-refractivity contribution in [1.82, 2.24) is 4.72 Å². The van der Waals surface area contributed by atoms with Crippen molar-refractivity contribution in [2.75, 3.05) is 0 Å². The number of hydrogen-bond acceptors (Lipinski definition) is 3. The van der Waals surface area contributed by atoms with Gasteiger partial charge in [-0.2, -0.15) is 13.2 Å². The van der Waals surface area contributed by atoms with Crippen LogP contribution in [-0.2, 0) is 22.6 Å². The lowest BCUT2D eigenvalue weighted by Gasteiger charge is -2.13. The summed E-state index contributed by atoms with van der Waals surface area (Å²) >= 11 is 0. The molecule has 1 N–H and O–H groups in total. The van der Waals surface area contributed by atoms with Gasteiger partial charge in [-0.3, -0.25) is 4.79 Å². The van der Waals surface area contributed by atoms with Gasteiger partial charge in [0.1, 0.15) is 0 Å². The van der Waals surface area contributed by atoms with Crippen LogP contribution in [0.5, 0.6) is 0 Å². The van der Waals surface area contributed by atoms with Gasteiger partial charge in [0.15, 0.2) is 0 Å². The molecule has 31 heavy (non-hydrogen) atoms. The lowest BCUT2D eigenvalue weighted by molar-refractivity contribution is -0.139. The molecule has 0 fully saturated rings. The van der Waals surface area contributed by atoms with Crippen molar-refractivity contribution in [1.29, 1.82) is 0 Å². The zero-order chi connectivity index (χ0) is 22.6. The van der Waals surface area contributed by atoms with E-state index in [1.807, 2.05) is 24.3 Å². The van der Waals surface area contributed by atoms with Crippen LogP contribution >= 0.6 is 0 Å². The quantitative estimate of drug-likeness (QED) is 0.547. The number of benzene rings is 3. The molecule has 0 radical (unpaired) electrons. The molecule has 8 heteroatoms. The molecular formula is C23H20F3NO3S. The Bertz CT molecular complexity index is 1170. The second-order valence-corrected chi connectivity index (χ2v) is 8.60. The smallest absolute Gasteiger partial charge is 0.268 e. The Morgan fingerprint density at radius 1 is 0.871 bits per heavy atom. The fourth-order valence-corrected chi connectivity index (χ4v) is 4.34. The molecule has 1 amide bonds. The van der Waals surface area contributed by atoms with Gasteiger partial charge < -0.3 is 0 Å². The minimum Gasteiger partial charge on any atom is -0.268 e. The third-order valence-electron chi connectivity index (χ3n) is 4.68. The van der Waals surface area contributed by atoms with Gasteiger partial charge in [0, 0.05) is 5.56 Å². The van der Waals surface area contributed by atoms with Gasteiger partial charge in [0.2, 0.25) is 0 Å². The molecule has 0 spiro atoms. The van der Waals surface area contributed by atoms with Gasteiger partial charge in [0.05, 0.1) is 10.5 Å². The number of hydrogen-bond donors (Lipinski definition) is 1. The SMILES string of the molecule is CCCc1ccc(-c2ccc(C(=O)NS(=O)(=O)c3ccccc3C(F)(F)F)cc2)cc1. The molecule has 162 valence electrons. The van der Waals surface area contributed by atoms with Gasteiger partial charge in [-0.15, -0.1) is 0 Å². The van der Waals surface area contributed by atoms with Crippen molar-refractivity contribution < 1.29 is 26.4 Å². The van der Waals surface area contributed by atoms with E-state index in [1.165, 1.54) is 17.7 Å². The molecule has 0 unspecified atom stereocenters. The average Bonchev–Trinajstić information content (AvgIpc) is 2.74. The molecule has 0 aliphatic rings. The Morgan fingerprint density at radius 2 is 1.42 bits per heavy atom. The van der Waals surface area contributed by atoms with E-state index < -0.39 is 32.6 Å². The van der Waals surface area contributed by atoms with Crippen molar-refractivity contribution in [3.8, 4) is 11.1 Å².